The third-order valence-electron chi connectivity index (χ3n) is 3.48. The number of anilines is 2. The molecule has 0 fully saturated rings. The summed E-state index contributed by atoms with van der Waals surface area (Å²) in [5.74, 6) is 0.322. The van der Waals surface area contributed by atoms with Gasteiger partial charge < -0.3 is 10.6 Å². The van der Waals surface area contributed by atoms with Crippen LogP contribution >= 0.6 is 15.9 Å². The summed E-state index contributed by atoms with van der Waals surface area (Å²) in [5.41, 5.74) is 4.12. The Morgan fingerprint density at radius 2 is 1.91 bits per heavy atom. The van der Waals surface area contributed by atoms with Gasteiger partial charge >= 0.3 is 0 Å². The van der Waals surface area contributed by atoms with Gasteiger partial charge in [-0.3, -0.25) is 4.79 Å². The molecule has 2 aromatic rings. The molecule has 2 N–H and O–H groups in total. The van der Waals surface area contributed by atoms with Gasteiger partial charge in [-0.2, -0.15) is 0 Å². The molecule has 2 aromatic carbocycles. The summed E-state index contributed by atoms with van der Waals surface area (Å²) in [6, 6.07) is 13.9. The van der Waals surface area contributed by atoms with E-state index < -0.39 is 0 Å². The van der Waals surface area contributed by atoms with Gasteiger partial charge in [0.15, 0.2) is 0 Å². The van der Waals surface area contributed by atoms with E-state index in [-0.39, 0.29) is 12.5 Å². The Hall–Kier alpha value is -1.81. The van der Waals surface area contributed by atoms with Gasteiger partial charge in [0.2, 0.25) is 5.91 Å². The molecule has 0 aromatic heterocycles. The van der Waals surface area contributed by atoms with E-state index in [2.05, 4.69) is 40.4 Å². The number of halogens is 1. The van der Waals surface area contributed by atoms with Crippen LogP contribution in [0.4, 0.5) is 11.4 Å². The minimum atomic E-state index is -0.0511. The van der Waals surface area contributed by atoms with Crippen LogP contribution in [-0.4, -0.2) is 12.5 Å². The second kappa shape index (κ2) is 7.45. The molecule has 0 heterocycles. The molecule has 1 amide bonds. The van der Waals surface area contributed by atoms with Gasteiger partial charge in [0, 0.05) is 15.8 Å². The minimum Gasteiger partial charge on any atom is -0.376 e. The maximum Gasteiger partial charge on any atom is 0.243 e. The van der Waals surface area contributed by atoms with E-state index in [0.717, 1.165) is 21.4 Å². The van der Waals surface area contributed by atoms with Crippen LogP contribution in [0, 0.1) is 6.92 Å². The Kier molecular flexibility index (Phi) is 5.61. The predicted octanol–water partition coefficient (Wildman–Crippen LogP) is 4.93. The molecule has 2 rings (SSSR count). The smallest absolute Gasteiger partial charge is 0.243 e. The fourth-order valence-electron chi connectivity index (χ4n) is 2.19. The van der Waals surface area contributed by atoms with Crippen molar-refractivity contribution in [1.29, 1.82) is 0 Å². The molecule has 0 unspecified atom stereocenters. The molecular formula is C18H21BrN2O. The molecule has 116 valence electrons. The van der Waals surface area contributed by atoms with Gasteiger partial charge in [-0.25, -0.2) is 0 Å². The molecule has 0 radical (unpaired) electrons. The highest BCUT2D eigenvalue weighted by molar-refractivity contribution is 9.10. The van der Waals surface area contributed by atoms with Crippen LogP contribution in [0.2, 0.25) is 0 Å². The van der Waals surface area contributed by atoms with Crippen LogP contribution in [0.3, 0.4) is 0 Å². The molecular weight excluding hydrogens is 340 g/mol. The monoisotopic (exact) mass is 360 g/mol. The lowest BCUT2D eigenvalue weighted by Crippen LogP contribution is -2.22. The fraction of sp³-hybridized carbons (Fsp3) is 0.278. The van der Waals surface area contributed by atoms with Crippen molar-refractivity contribution in [1.82, 2.24) is 0 Å². The topological polar surface area (TPSA) is 41.1 Å². The molecule has 22 heavy (non-hydrogen) atoms. The number of nitrogens with one attached hydrogen (secondary N) is 2. The third-order valence-corrected chi connectivity index (χ3v) is 4.34. The van der Waals surface area contributed by atoms with Gasteiger partial charge in [0.05, 0.1) is 6.54 Å². The molecule has 0 spiro atoms. The molecule has 0 aliphatic carbocycles. The number of carbonyl (C=O) groups excluding carboxylic acids is 1. The molecule has 4 heteroatoms. The third kappa shape index (κ3) is 4.34. The van der Waals surface area contributed by atoms with E-state index in [9.17, 15) is 4.79 Å². The average molecular weight is 361 g/mol. The number of benzene rings is 2. The highest BCUT2D eigenvalue weighted by Gasteiger charge is 2.09. The van der Waals surface area contributed by atoms with Gasteiger partial charge in [-0.1, -0.05) is 54.0 Å². The minimum absolute atomic E-state index is 0.0511. The highest BCUT2D eigenvalue weighted by atomic mass is 79.9. The molecule has 0 aliphatic heterocycles. The van der Waals surface area contributed by atoms with Gasteiger partial charge in [0.25, 0.3) is 0 Å². The normalized spacial score (nSPS) is 10.6. The number of para-hydroxylation sites is 1. The summed E-state index contributed by atoms with van der Waals surface area (Å²) in [6.07, 6.45) is 0. The lowest BCUT2D eigenvalue weighted by molar-refractivity contribution is -0.114. The van der Waals surface area contributed by atoms with Crippen molar-refractivity contribution in [3.05, 3.63) is 58.1 Å². The summed E-state index contributed by atoms with van der Waals surface area (Å²) in [6.45, 7) is 6.51. The van der Waals surface area contributed by atoms with Crippen molar-refractivity contribution in [3.63, 3.8) is 0 Å². The van der Waals surface area contributed by atoms with Crippen LogP contribution in [-0.2, 0) is 4.79 Å². The molecule has 0 saturated heterocycles. The number of aryl methyl sites for hydroxylation is 1. The summed E-state index contributed by atoms with van der Waals surface area (Å²) in [4.78, 5) is 12.1. The van der Waals surface area contributed by atoms with Gasteiger partial charge in [-0.15, -0.1) is 0 Å². The number of carbonyl (C=O) groups is 1. The Morgan fingerprint density at radius 1 is 1.18 bits per heavy atom. The van der Waals surface area contributed by atoms with E-state index in [0.29, 0.717) is 5.92 Å². The Morgan fingerprint density at radius 3 is 2.59 bits per heavy atom. The second-order valence-electron chi connectivity index (χ2n) is 5.61. The second-order valence-corrected chi connectivity index (χ2v) is 6.46. The molecule has 0 saturated carbocycles. The zero-order valence-electron chi connectivity index (χ0n) is 13.1. The molecule has 3 nitrogen and oxygen atoms in total. The molecule has 0 atom stereocenters. The molecule has 0 aliphatic rings. The summed E-state index contributed by atoms with van der Waals surface area (Å²) in [7, 11) is 0. The number of amides is 1. The highest BCUT2D eigenvalue weighted by Crippen LogP contribution is 2.24. The summed E-state index contributed by atoms with van der Waals surface area (Å²) >= 11 is 3.49. The van der Waals surface area contributed by atoms with Crippen molar-refractivity contribution in [2.75, 3.05) is 17.2 Å². The maximum atomic E-state index is 12.1. The number of hydrogen-bond acceptors (Lipinski definition) is 2. The van der Waals surface area contributed by atoms with Crippen LogP contribution in [0.1, 0.15) is 30.9 Å². The predicted molar refractivity (Wildman–Crippen MR) is 96.5 cm³/mol. The van der Waals surface area contributed by atoms with Crippen molar-refractivity contribution in [2.45, 2.75) is 26.7 Å². The van der Waals surface area contributed by atoms with Crippen molar-refractivity contribution in [2.24, 2.45) is 0 Å². The SMILES string of the molecule is Cc1ccc(NCC(=O)Nc2ccccc2C(C)C)cc1Br. The first-order valence-corrected chi connectivity index (χ1v) is 8.15. The number of rotatable bonds is 5. The number of hydrogen-bond donors (Lipinski definition) is 2. The van der Waals surface area contributed by atoms with E-state index in [1.54, 1.807) is 0 Å². The van der Waals surface area contributed by atoms with Crippen molar-refractivity contribution in [3.8, 4) is 0 Å². The Balaban J connectivity index is 1.97. The maximum absolute atomic E-state index is 12.1. The van der Waals surface area contributed by atoms with E-state index >= 15 is 0 Å². The summed E-state index contributed by atoms with van der Waals surface area (Å²) < 4.78 is 1.03. The lowest BCUT2D eigenvalue weighted by Gasteiger charge is -2.14. The van der Waals surface area contributed by atoms with Crippen LogP contribution < -0.4 is 10.6 Å². The zero-order chi connectivity index (χ0) is 16.1. The fourth-order valence-corrected chi connectivity index (χ4v) is 2.57. The first-order chi connectivity index (χ1) is 10.5. The first-order valence-electron chi connectivity index (χ1n) is 7.36. The van der Waals surface area contributed by atoms with Gasteiger partial charge in [-0.05, 0) is 42.2 Å². The first kappa shape index (κ1) is 16.6. The average Bonchev–Trinajstić information content (AvgIpc) is 2.49. The van der Waals surface area contributed by atoms with E-state index in [4.69, 9.17) is 0 Å². The van der Waals surface area contributed by atoms with Crippen LogP contribution in [0.25, 0.3) is 0 Å². The zero-order valence-corrected chi connectivity index (χ0v) is 14.7. The Labute approximate surface area is 140 Å². The lowest BCUT2D eigenvalue weighted by atomic mass is 10.0. The Bertz CT molecular complexity index is 668. The van der Waals surface area contributed by atoms with Crippen LogP contribution in [0.15, 0.2) is 46.9 Å². The van der Waals surface area contributed by atoms with E-state index in [1.807, 2.05) is 49.4 Å². The quantitative estimate of drug-likeness (QED) is 0.793. The van der Waals surface area contributed by atoms with Crippen molar-refractivity contribution < 1.29 is 4.79 Å². The molecule has 0 bridgehead atoms. The largest absolute Gasteiger partial charge is 0.376 e. The van der Waals surface area contributed by atoms with E-state index in [1.165, 1.54) is 5.56 Å². The summed E-state index contributed by atoms with van der Waals surface area (Å²) in [5, 5.41) is 6.11. The standard InChI is InChI=1S/C18H21BrN2O/c1-12(2)15-6-4-5-7-17(15)21-18(22)11-20-14-9-8-13(3)16(19)10-14/h4-10,12,20H,11H2,1-3H3,(H,21,22). The van der Waals surface area contributed by atoms with Crippen molar-refractivity contribution >= 4 is 33.2 Å². The van der Waals surface area contributed by atoms with Crippen LogP contribution in [0.5, 0.6) is 0 Å². The van der Waals surface area contributed by atoms with Gasteiger partial charge in [0.1, 0.15) is 0 Å².